The second-order valence-corrected chi connectivity index (χ2v) is 10.8. The Hall–Kier alpha value is -0.620. The Balaban J connectivity index is 3.13. The highest BCUT2D eigenvalue weighted by Gasteiger charge is 2.41. The minimum Gasteiger partial charge on any atom is -0.388 e. The van der Waals surface area contributed by atoms with Crippen LogP contribution >= 0.6 is 11.6 Å². The highest BCUT2D eigenvalue weighted by atomic mass is 35.5. The standard InChI is InChI=1S/C24H42ClNO3S/c1-5-8-10-12-17-24(27,18-13-11-9-6-2)23(20(4)7-3)26-30(28,29)22-16-14-15-21(25)19-22/h14-16,19-20,23,26-27H,5-13,17-18H2,1-4H3/t20-,23-/m0/s1. The van der Waals surface area contributed by atoms with Crippen molar-refractivity contribution in [3.8, 4) is 0 Å². The van der Waals surface area contributed by atoms with E-state index in [0.717, 1.165) is 57.8 Å². The number of benzene rings is 1. The van der Waals surface area contributed by atoms with Crippen molar-refractivity contribution >= 4 is 21.6 Å². The summed E-state index contributed by atoms with van der Waals surface area (Å²) in [5.41, 5.74) is -1.05. The molecule has 1 aromatic rings. The first-order valence-corrected chi connectivity index (χ1v) is 13.6. The Bertz CT molecular complexity index is 696. The van der Waals surface area contributed by atoms with Crippen LogP contribution in [0.1, 0.15) is 98.3 Å². The molecule has 0 saturated carbocycles. The molecule has 1 aromatic carbocycles. The number of nitrogens with one attached hydrogen (secondary N) is 1. The fourth-order valence-electron chi connectivity index (χ4n) is 4.01. The number of sulfonamides is 1. The van der Waals surface area contributed by atoms with E-state index >= 15 is 0 Å². The molecule has 4 nitrogen and oxygen atoms in total. The molecule has 0 aliphatic rings. The van der Waals surface area contributed by atoms with Gasteiger partial charge in [-0.25, -0.2) is 13.1 Å². The Kier molecular flexibility index (Phi) is 12.5. The summed E-state index contributed by atoms with van der Waals surface area (Å²) in [4.78, 5) is 0.141. The van der Waals surface area contributed by atoms with Gasteiger partial charge in [-0.05, 0) is 37.0 Å². The molecule has 0 aliphatic carbocycles. The van der Waals surface area contributed by atoms with E-state index < -0.39 is 21.7 Å². The molecule has 0 fully saturated rings. The number of unbranched alkanes of at least 4 members (excludes halogenated alkanes) is 6. The van der Waals surface area contributed by atoms with E-state index in [4.69, 9.17) is 11.6 Å². The van der Waals surface area contributed by atoms with Crippen LogP contribution in [-0.2, 0) is 10.0 Å². The molecule has 0 heterocycles. The zero-order chi connectivity index (χ0) is 22.6. The van der Waals surface area contributed by atoms with Crippen molar-refractivity contribution in [2.24, 2.45) is 5.92 Å². The van der Waals surface area contributed by atoms with E-state index in [2.05, 4.69) is 18.6 Å². The smallest absolute Gasteiger partial charge is 0.240 e. The van der Waals surface area contributed by atoms with E-state index in [0.29, 0.717) is 17.9 Å². The molecule has 0 aliphatic heterocycles. The van der Waals surface area contributed by atoms with Crippen LogP contribution in [0.2, 0.25) is 5.02 Å². The molecule has 0 bridgehead atoms. The van der Waals surface area contributed by atoms with Crippen LogP contribution in [0, 0.1) is 5.92 Å². The molecule has 0 amide bonds. The largest absolute Gasteiger partial charge is 0.388 e. The SMILES string of the molecule is CCCCCCC(O)(CCCCCC)[C@@H](NS(=O)(=O)c1cccc(Cl)c1)[C@@H](C)CC. The molecule has 6 heteroatoms. The summed E-state index contributed by atoms with van der Waals surface area (Å²) in [7, 11) is -3.79. The van der Waals surface area contributed by atoms with Crippen LogP contribution in [0.3, 0.4) is 0 Å². The molecule has 0 spiro atoms. The lowest BCUT2D eigenvalue weighted by molar-refractivity contribution is -0.0280. The third-order valence-electron chi connectivity index (χ3n) is 6.11. The first-order chi connectivity index (χ1) is 14.2. The van der Waals surface area contributed by atoms with Gasteiger partial charge in [0.25, 0.3) is 0 Å². The zero-order valence-corrected chi connectivity index (χ0v) is 20.9. The van der Waals surface area contributed by atoms with Crippen molar-refractivity contribution in [3.05, 3.63) is 29.3 Å². The van der Waals surface area contributed by atoms with Gasteiger partial charge in [-0.3, -0.25) is 0 Å². The lowest BCUT2D eigenvalue weighted by atomic mass is 9.78. The molecule has 0 saturated heterocycles. The minimum absolute atomic E-state index is 0.0151. The molecule has 2 atom stereocenters. The summed E-state index contributed by atoms with van der Waals surface area (Å²) in [5.74, 6) is 0.0151. The van der Waals surface area contributed by atoms with Crippen LogP contribution in [-0.4, -0.2) is 25.2 Å². The Morgan fingerprint density at radius 1 is 1.00 bits per heavy atom. The number of halogens is 1. The van der Waals surface area contributed by atoms with Crippen molar-refractivity contribution in [2.75, 3.05) is 0 Å². The molecular formula is C24H42ClNO3S. The monoisotopic (exact) mass is 459 g/mol. The Morgan fingerprint density at radius 2 is 1.57 bits per heavy atom. The average Bonchev–Trinajstić information content (AvgIpc) is 2.72. The lowest BCUT2D eigenvalue weighted by Crippen LogP contribution is -2.56. The summed E-state index contributed by atoms with van der Waals surface area (Å²) in [6.45, 7) is 8.39. The van der Waals surface area contributed by atoms with Gasteiger partial charge in [-0.15, -0.1) is 0 Å². The maximum Gasteiger partial charge on any atom is 0.240 e. The third kappa shape index (κ3) is 8.86. The van der Waals surface area contributed by atoms with Crippen LogP contribution in [0.4, 0.5) is 0 Å². The van der Waals surface area contributed by atoms with Gasteiger partial charge in [0.15, 0.2) is 0 Å². The Labute approximate surface area is 189 Å². The van der Waals surface area contributed by atoms with Crippen molar-refractivity contribution in [1.82, 2.24) is 4.72 Å². The molecule has 2 N–H and O–H groups in total. The topological polar surface area (TPSA) is 66.4 Å². The average molecular weight is 460 g/mol. The van der Waals surface area contributed by atoms with Gasteiger partial charge in [0.2, 0.25) is 10.0 Å². The van der Waals surface area contributed by atoms with Crippen molar-refractivity contribution < 1.29 is 13.5 Å². The number of hydrogen-bond donors (Lipinski definition) is 2. The molecule has 0 aromatic heterocycles. The normalized spacial score (nSPS) is 14.6. The first-order valence-electron chi connectivity index (χ1n) is 11.7. The first kappa shape index (κ1) is 27.4. The quantitative estimate of drug-likeness (QED) is 0.270. The fourth-order valence-corrected chi connectivity index (χ4v) is 5.73. The van der Waals surface area contributed by atoms with Crippen LogP contribution in [0.25, 0.3) is 0 Å². The number of hydrogen-bond acceptors (Lipinski definition) is 3. The minimum atomic E-state index is -3.79. The van der Waals surface area contributed by atoms with Gasteiger partial charge in [-0.2, -0.15) is 0 Å². The van der Waals surface area contributed by atoms with Gasteiger partial charge in [0.1, 0.15) is 0 Å². The maximum absolute atomic E-state index is 13.1. The number of aliphatic hydroxyl groups is 1. The summed E-state index contributed by atoms with van der Waals surface area (Å²) >= 11 is 6.02. The molecule has 0 unspecified atom stereocenters. The maximum atomic E-state index is 13.1. The summed E-state index contributed by atoms with van der Waals surface area (Å²) in [6, 6.07) is 5.76. The van der Waals surface area contributed by atoms with E-state index in [1.807, 2.05) is 13.8 Å². The Morgan fingerprint density at radius 3 is 2.03 bits per heavy atom. The van der Waals surface area contributed by atoms with Crippen LogP contribution < -0.4 is 4.72 Å². The zero-order valence-electron chi connectivity index (χ0n) is 19.3. The predicted molar refractivity (Wildman–Crippen MR) is 127 cm³/mol. The summed E-state index contributed by atoms with van der Waals surface area (Å²) < 4.78 is 29.1. The molecule has 1 rings (SSSR count). The number of rotatable bonds is 16. The fraction of sp³-hybridized carbons (Fsp3) is 0.750. The van der Waals surface area contributed by atoms with E-state index in [1.165, 1.54) is 6.07 Å². The highest BCUT2D eigenvalue weighted by molar-refractivity contribution is 7.89. The highest BCUT2D eigenvalue weighted by Crippen LogP contribution is 2.32. The predicted octanol–water partition coefficient (Wildman–Crippen LogP) is 6.70. The summed E-state index contributed by atoms with van der Waals surface area (Å²) in [5, 5.41) is 12.2. The van der Waals surface area contributed by atoms with E-state index in [-0.39, 0.29) is 10.8 Å². The van der Waals surface area contributed by atoms with E-state index in [9.17, 15) is 13.5 Å². The van der Waals surface area contributed by atoms with Gasteiger partial charge < -0.3 is 5.11 Å². The second-order valence-electron chi connectivity index (χ2n) is 8.67. The van der Waals surface area contributed by atoms with Gasteiger partial charge in [0.05, 0.1) is 16.5 Å². The van der Waals surface area contributed by atoms with E-state index in [1.54, 1.807) is 18.2 Å². The van der Waals surface area contributed by atoms with Gasteiger partial charge >= 0.3 is 0 Å². The molecule has 174 valence electrons. The third-order valence-corrected chi connectivity index (χ3v) is 7.78. The molecular weight excluding hydrogens is 418 g/mol. The lowest BCUT2D eigenvalue weighted by Gasteiger charge is -2.40. The van der Waals surface area contributed by atoms with Gasteiger partial charge in [-0.1, -0.05) is 103 Å². The van der Waals surface area contributed by atoms with Crippen LogP contribution in [0.5, 0.6) is 0 Å². The summed E-state index contributed by atoms with van der Waals surface area (Å²) in [6.07, 6.45) is 10.5. The molecule has 0 radical (unpaired) electrons. The van der Waals surface area contributed by atoms with Crippen molar-refractivity contribution in [1.29, 1.82) is 0 Å². The second kappa shape index (κ2) is 13.7. The van der Waals surface area contributed by atoms with Crippen molar-refractivity contribution in [3.63, 3.8) is 0 Å². The van der Waals surface area contributed by atoms with Crippen LogP contribution in [0.15, 0.2) is 29.2 Å². The molecule has 30 heavy (non-hydrogen) atoms. The van der Waals surface area contributed by atoms with Crippen molar-refractivity contribution in [2.45, 2.75) is 115 Å². The van der Waals surface area contributed by atoms with Gasteiger partial charge in [0, 0.05) is 5.02 Å².